The van der Waals surface area contributed by atoms with Gasteiger partial charge in [0.1, 0.15) is 13.2 Å². The summed E-state index contributed by atoms with van der Waals surface area (Å²) in [4.78, 5) is 27.7. The van der Waals surface area contributed by atoms with Crippen LogP contribution in [0, 0.1) is 0 Å². The Balaban J connectivity index is 2.31. The number of aromatic nitrogens is 1. The van der Waals surface area contributed by atoms with Crippen molar-refractivity contribution in [3.63, 3.8) is 0 Å². The molecule has 2 heterocycles. The zero-order chi connectivity index (χ0) is 10.1. The Bertz CT molecular complexity index is 376. The van der Waals surface area contributed by atoms with E-state index in [2.05, 4.69) is 20.9 Å². The van der Waals surface area contributed by atoms with Crippen molar-refractivity contribution in [1.82, 2.24) is 4.98 Å². The van der Waals surface area contributed by atoms with E-state index in [0.29, 0.717) is 5.13 Å². The monoisotopic (exact) mass is 276 g/mol. The summed E-state index contributed by atoms with van der Waals surface area (Å²) in [6.07, 6.45) is 1.55. The number of hydrogen-bond acceptors (Lipinski definition) is 5. The number of carbonyl (C=O) groups excluding carboxylic acids is 2. The summed E-state index contributed by atoms with van der Waals surface area (Å²) >= 11 is 4.45. The summed E-state index contributed by atoms with van der Waals surface area (Å²) < 4.78 is 5.55. The van der Waals surface area contributed by atoms with Gasteiger partial charge in [-0.15, -0.1) is 0 Å². The summed E-state index contributed by atoms with van der Waals surface area (Å²) in [5.41, 5.74) is 0. The standard InChI is InChI=1S/C7H5BrN2O3S/c8-4-1-9-7(14-4)10-5(11)2-13-3-6(10)12/h1H,2-3H2. The van der Waals surface area contributed by atoms with E-state index in [9.17, 15) is 9.59 Å². The maximum absolute atomic E-state index is 11.3. The van der Waals surface area contributed by atoms with Crippen molar-refractivity contribution < 1.29 is 14.3 Å². The second kappa shape index (κ2) is 3.76. The summed E-state index contributed by atoms with van der Waals surface area (Å²) in [6, 6.07) is 0. The van der Waals surface area contributed by atoms with Crippen LogP contribution < -0.4 is 4.90 Å². The molecule has 1 aromatic rings. The van der Waals surface area contributed by atoms with Crippen LogP contribution in [0.5, 0.6) is 0 Å². The fourth-order valence-electron chi connectivity index (χ4n) is 1.06. The minimum absolute atomic E-state index is 0.0665. The molecule has 0 aromatic carbocycles. The molecule has 2 rings (SSSR count). The molecular weight excluding hydrogens is 272 g/mol. The van der Waals surface area contributed by atoms with Gasteiger partial charge in [-0.25, -0.2) is 9.88 Å². The van der Waals surface area contributed by atoms with Gasteiger partial charge in [-0.1, -0.05) is 11.3 Å². The van der Waals surface area contributed by atoms with Gasteiger partial charge in [-0.2, -0.15) is 0 Å². The number of carbonyl (C=O) groups is 2. The molecule has 0 aliphatic carbocycles. The highest BCUT2D eigenvalue weighted by Gasteiger charge is 2.30. The van der Waals surface area contributed by atoms with Crippen LogP contribution in [0.1, 0.15) is 0 Å². The van der Waals surface area contributed by atoms with E-state index in [1.807, 2.05) is 0 Å². The largest absolute Gasteiger partial charge is 0.362 e. The van der Waals surface area contributed by atoms with Gasteiger partial charge in [0.2, 0.25) is 0 Å². The average Bonchev–Trinajstić information content (AvgIpc) is 2.51. The average molecular weight is 277 g/mol. The van der Waals surface area contributed by atoms with Gasteiger partial charge in [0.15, 0.2) is 5.13 Å². The van der Waals surface area contributed by atoms with E-state index in [0.717, 1.165) is 8.69 Å². The highest BCUT2D eigenvalue weighted by atomic mass is 79.9. The summed E-state index contributed by atoms with van der Waals surface area (Å²) in [5, 5.41) is 0.384. The molecule has 2 amide bonds. The lowest BCUT2D eigenvalue weighted by molar-refractivity contribution is -0.138. The Morgan fingerprint density at radius 1 is 1.43 bits per heavy atom. The predicted octanol–water partition coefficient (Wildman–Crippen LogP) is 0.795. The van der Waals surface area contributed by atoms with Gasteiger partial charge >= 0.3 is 0 Å². The Morgan fingerprint density at radius 3 is 2.57 bits per heavy atom. The van der Waals surface area contributed by atoms with E-state index in [1.54, 1.807) is 6.20 Å². The smallest absolute Gasteiger partial charge is 0.261 e. The SMILES string of the molecule is O=C1COCC(=O)N1c1ncc(Br)s1. The van der Waals surface area contributed by atoms with Crippen molar-refractivity contribution in [2.24, 2.45) is 0 Å². The van der Waals surface area contributed by atoms with Crippen molar-refractivity contribution in [3.8, 4) is 0 Å². The second-order valence-corrected chi connectivity index (χ2v) is 4.95. The summed E-state index contributed by atoms with van der Waals surface area (Å²) in [7, 11) is 0. The molecule has 1 saturated heterocycles. The molecule has 0 saturated carbocycles. The van der Waals surface area contributed by atoms with Crippen LogP contribution in [-0.4, -0.2) is 30.0 Å². The van der Waals surface area contributed by atoms with Crippen molar-refractivity contribution >= 4 is 44.2 Å². The normalized spacial score (nSPS) is 17.6. The van der Waals surface area contributed by atoms with Crippen LogP contribution in [0.25, 0.3) is 0 Å². The fraction of sp³-hybridized carbons (Fsp3) is 0.286. The second-order valence-electron chi connectivity index (χ2n) is 2.56. The van der Waals surface area contributed by atoms with Crippen LogP contribution in [0.3, 0.4) is 0 Å². The third kappa shape index (κ3) is 1.70. The minimum Gasteiger partial charge on any atom is -0.362 e. The summed E-state index contributed by atoms with van der Waals surface area (Å²) in [5.74, 6) is -0.744. The van der Waals surface area contributed by atoms with Gasteiger partial charge in [-0.3, -0.25) is 9.59 Å². The Kier molecular flexibility index (Phi) is 2.62. The topological polar surface area (TPSA) is 59.5 Å². The van der Waals surface area contributed by atoms with Crippen LogP contribution in [0.15, 0.2) is 9.98 Å². The zero-order valence-electron chi connectivity index (χ0n) is 6.90. The molecule has 14 heavy (non-hydrogen) atoms. The molecule has 1 fully saturated rings. The Labute approximate surface area is 91.8 Å². The number of nitrogens with zero attached hydrogens (tertiary/aromatic N) is 2. The molecule has 1 aliphatic heterocycles. The van der Waals surface area contributed by atoms with E-state index in [1.165, 1.54) is 11.3 Å². The molecule has 5 nitrogen and oxygen atoms in total. The first kappa shape index (κ1) is 9.75. The Morgan fingerprint density at radius 2 is 2.07 bits per heavy atom. The van der Waals surface area contributed by atoms with Crippen LogP contribution in [-0.2, 0) is 14.3 Å². The van der Waals surface area contributed by atoms with Crippen molar-refractivity contribution in [2.45, 2.75) is 0 Å². The van der Waals surface area contributed by atoms with E-state index in [-0.39, 0.29) is 25.0 Å². The van der Waals surface area contributed by atoms with Gasteiger partial charge in [0, 0.05) is 0 Å². The number of hydrogen-bond donors (Lipinski definition) is 0. The molecule has 1 aliphatic rings. The highest BCUT2D eigenvalue weighted by Crippen LogP contribution is 2.27. The number of halogens is 1. The molecule has 7 heteroatoms. The van der Waals surface area contributed by atoms with Gasteiger partial charge < -0.3 is 4.74 Å². The summed E-state index contributed by atoms with van der Waals surface area (Å²) in [6.45, 7) is -0.133. The number of thiazole rings is 1. The maximum atomic E-state index is 11.3. The maximum Gasteiger partial charge on any atom is 0.261 e. The number of amides is 2. The van der Waals surface area contributed by atoms with Crippen LogP contribution in [0.4, 0.5) is 5.13 Å². The number of morpholine rings is 1. The van der Waals surface area contributed by atoms with Gasteiger partial charge in [-0.05, 0) is 15.9 Å². The Hall–Kier alpha value is -0.790. The lowest BCUT2D eigenvalue weighted by Gasteiger charge is -2.21. The molecule has 0 N–H and O–H groups in total. The molecule has 0 unspecified atom stereocenters. The third-order valence-corrected chi connectivity index (χ3v) is 3.07. The van der Waals surface area contributed by atoms with Crippen molar-refractivity contribution in [3.05, 3.63) is 9.98 Å². The lowest BCUT2D eigenvalue weighted by atomic mass is 10.4. The number of anilines is 1. The first-order valence-corrected chi connectivity index (χ1v) is 5.34. The minimum atomic E-state index is -0.372. The molecule has 0 radical (unpaired) electrons. The van der Waals surface area contributed by atoms with Gasteiger partial charge in [0.25, 0.3) is 11.8 Å². The molecular formula is C7H5BrN2O3S. The molecule has 0 atom stereocenters. The fourth-order valence-corrected chi connectivity index (χ4v) is 2.27. The molecule has 0 spiro atoms. The van der Waals surface area contributed by atoms with Crippen molar-refractivity contribution in [2.75, 3.05) is 18.1 Å². The lowest BCUT2D eigenvalue weighted by Crippen LogP contribution is -2.46. The van der Waals surface area contributed by atoms with E-state index >= 15 is 0 Å². The quantitative estimate of drug-likeness (QED) is 0.712. The van der Waals surface area contributed by atoms with Crippen LogP contribution >= 0.6 is 27.3 Å². The van der Waals surface area contributed by atoms with Gasteiger partial charge in [0.05, 0.1) is 9.98 Å². The first-order valence-electron chi connectivity index (χ1n) is 3.73. The number of rotatable bonds is 1. The predicted molar refractivity (Wildman–Crippen MR) is 53.1 cm³/mol. The molecule has 0 bridgehead atoms. The molecule has 74 valence electrons. The zero-order valence-corrected chi connectivity index (χ0v) is 9.30. The van der Waals surface area contributed by atoms with Crippen molar-refractivity contribution in [1.29, 1.82) is 0 Å². The highest BCUT2D eigenvalue weighted by molar-refractivity contribution is 9.11. The number of imide groups is 1. The number of ether oxygens (including phenoxy) is 1. The first-order chi connectivity index (χ1) is 6.68. The molecule has 1 aromatic heterocycles. The van der Waals surface area contributed by atoms with Crippen LogP contribution in [0.2, 0.25) is 0 Å². The van der Waals surface area contributed by atoms with E-state index < -0.39 is 0 Å². The van der Waals surface area contributed by atoms with E-state index in [4.69, 9.17) is 4.74 Å². The third-order valence-electron chi connectivity index (χ3n) is 1.61.